The third-order valence-electron chi connectivity index (χ3n) is 4.97. The highest BCUT2D eigenvalue weighted by atomic mass is 16.2. The summed E-state index contributed by atoms with van der Waals surface area (Å²) in [5.74, 6) is 0.832. The van der Waals surface area contributed by atoms with Gasteiger partial charge in [0.15, 0.2) is 0 Å². The molecular formula is C12H19N3O. The first kappa shape index (κ1) is 9.28. The molecule has 0 aromatic heterocycles. The fourth-order valence-corrected chi connectivity index (χ4v) is 4.19. The van der Waals surface area contributed by atoms with Crippen LogP contribution in [0.5, 0.6) is 0 Å². The van der Waals surface area contributed by atoms with Gasteiger partial charge < -0.3 is 15.1 Å². The van der Waals surface area contributed by atoms with Crippen LogP contribution in [0.1, 0.15) is 25.7 Å². The van der Waals surface area contributed by atoms with E-state index in [0.717, 1.165) is 19.0 Å². The lowest BCUT2D eigenvalue weighted by Crippen LogP contribution is -2.49. The maximum Gasteiger partial charge on any atom is 0.320 e. The third-order valence-corrected chi connectivity index (χ3v) is 4.97. The first-order chi connectivity index (χ1) is 7.83. The molecule has 4 rings (SSSR count). The van der Waals surface area contributed by atoms with Crippen molar-refractivity contribution in [2.45, 2.75) is 43.8 Å². The zero-order valence-corrected chi connectivity index (χ0v) is 9.56. The van der Waals surface area contributed by atoms with Gasteiger partial charge >= 0.3 is 6.03 Å². The molecule has 2 amide bonds. The van der Waals surface area contributed by atoms with Crippen LogP contribution in [-0.2, 0) is 0 Å². The van der Waals surface area contributed by atoms with Crippen LogP contribution in [0.2, 0.25) is 0 Å². The van der Waals surface area contributed by atoms with Crippen LogP contribution >= 0.6 is 0 Å². The van der Waals surface area contributed by atoms with E-state index in [1.165, 1.54) is 32.2 Å². The van der Waals surface area contributed by atoms with Crippen molar-refractivity contribution in [2.75, 3.05) is 19.6 Å². The van der Waals surface area contributed by atoms with Gasteiger partial charge in [0.05, 0.1) is 6.04 Å². The summed E-state index contributed by atoms with van der Waals surface area (Å²) < 4.78 is 0. The number of nitrogens with one attached hydrogen (secondary N) is 1. The van der Waals surface area contributed by atoms with Gasteiger partial charge in [-0.3, -0.25) is 0 Å². The SMILES string of the molecule is O=C1N2CCCC2CN1C1CC2CNC1C2. The molecule has 1 aliphatic carbocycles. The van der Waals surface area contributed by atoms with Gasteiger partial charge in [-0.05, 0) is 38.1 Å². The number of nitrogens with zero attached hydrogens (tertiary/aromatic N) is 2. The molecule has 0 spiro atoms. The minimum Gasteiger partial charge on any atom is -0.320 e. The summed E-state index contributed by atoms with van der Waals surface area (Å²) in [6.07, 6.45) is 4.96. The number of urea groups is 1. The molecule has 1 N–H and O–H groups in total. The van der Waals surface area contributed by atoms with Crippen LogP contribution in [0.4, 0.5) is 4.79 Å². The molecular weight excluding hydrogens is 202 g/mol. The average molecular weight is 221 g/mol. The van der Waals surface area contributed by atoms with Crippen molar-refractivity contribution in [1.82, 2.24) is 15.1 Å². The molecule has 1 saturated carbocycles. The van der Waals surface area contributed by atoms with Crippen LogP contribution in [0.3, 0.4) is 0 Å². The van der Waals surface area contributed by atoms with E-state index in [0.29, 0.717) is 24.2 Å². The quantitative estimate of drug-likeness (QED) is 0.705. The number of rotatable bonds is 1. The lowest BCUT2D eigenvalue weighted by molar-refractivity contribution is 0.165. The van der Waals surface area contributed by atoms with Crippen molar-refractivity contribution in [1.29, 1.82) is 0 Å². The lowest BCUT2D eigenvalue weighted by Gasteiger charge is -2.31. The molecule has 3 heterocycles. The fraction of sp³-hybridized carbons (Fsp3) is 0.917. The second kappa shape index (κ2) is 3.13. The second-order valence-corrected chi connectivity index (χ2v) is 5.84. The summed E-state index contributed by atoms with van der Waals surface area (Å²) in [6.45, 7) is 3.17. The van der Waals surface area contributed by atoms with E-state index in [2.05, 4.69) is 15.1 Å². The number of fused-ring (bicyclic) bond motifs is 3. The molecule has 4 fully saturated rings. The van der Waals surface area contributed by atoms with Crippen LogP contribution in [0.15, 0.2) is 0 Å². The summed E-state index contributed by atoms with van der Waals surface area (Å²) in [5.41, 5.74) is 0. The second-order valence-electron chi connectivity index (χ2n) is 5.84. The van der Waals surface area contributed by atoms with Gasteiger partial charge in [0.2, 0.25) is 0 Å². The Kier molecular flexibility index (Phi) is 1.81. The number of amides is 2. The molecule has 4 heteroatoms. The summed E-state index contributed by atoms with van der Waals surface area (Å²) in [5, 5.41) is 3.56. The zero-order chi connectivity index (χ0) is 10.7. The Morgan fingerprint density at radius 1 is 1.25 bits per heavy atom. The summed E-state index contributed by atoms with van der Waals surface area (Å²) in [4.78, 5) is 16.5. The van der Waals surface area contributed by atoms with Crippen LogP contribution in [0, 0.1) is 5.92 Å². The summed E-state index contributed by atoms with van der Waals surface area (Å²) in [6, 6.07) is 1.94. The Morgan fingerprint density at radius 3 is 2.88 bits per heavy atom. The highest BCUT2D eigenvalue weighted by molar-refractivity contribution is 5.78. The van der Waals surface area contributed by atoms with E-state index in [-0.39, 0.29) is 0 Å². The van der Waals surface area contributed by atoms with E-state index >= 15 is 0 Å². The summed E-state index contributed by atoms with van der Waals surface area (Å²) >= 11 is 0. The molecule has 4 nitrogen and oxygen atoms in total. The Balaban J connectivity index is 1.55. The van der Waals surface area contributed by atoms with Gasteiger partial charge in [0, 0.05) is 25.2 Å². The van der Waals surface area contributed by atoms with E-state index in [1.807, 2.05) is 0 Å². The highest BCUT2D eigenvalue weighted by Gasteiger charge is 2.49. The molecule has 0 radical (unpaired) electrons. The lowest BCUT2D eigenvalue weighted by atomic mass is 10.1. The molecule has 16 heavy (non-hydrogen) atoms. The minimum absolute atomic E-state index is 0.321. The van der Waals surface area contributed by atoms with Gasteiger partial charge in [-0.15, -0.1) is 0 Å². The molecule has 0 aromatic rings. The Hall–Kier alpha value is -0.770. The molecule has 3 saturated heterocycles. The third kappa shape index (κ3) is 1.11. The van der Waals surface area contributed by atoms with E-state index < -0.39 is 0 Å². The van der Waals surface area contributed by atoms with Crippen LogP contribution in [-0.4, -0.2) is 53.6 Å². The molecule has 4 aliphatic rings. The maximum absolute atomic E-state index is 12.3. The Morgan fingerprint density at radius 2 is 2.19 bits per heavy atom. The van der Waals surface area contributed by atoms with E-state index in [4.69, 9.17) is 0 Å². The Labute approximate surface area is 96.0 Å². The minimum atomic E-state index is 0.321. The molecule has 3 aliphatic heterocycles. The van der Waals surface area contributed by atoms with Crippen LogP contribution in [0.25, 0.3) is 0 Å². The molecule has 4 unspecified atom stereocenters. The standard InChI is InChI=1S/C12H19N3O/c16-12-14-3-1-2-9(14)7-15(12)11-5-8-4-10(11)13-6-8/h8-11,13H,1-7H2. The zero-order valence-electron chi connectivity index (χ0n) is 9.56. The number of piperidine rings is 1. The molecule has 4 atom stereocenters. The largest absolute Gasteiger partial charge is 0.320 e. The number of hydrogen-bond donors (Lipinski definition) is 1. The number of hydrogen-bond acceptors (Lipinski definition) is 2. The van der Waals surface area contributed by atoms with Crippen molar-refractivity contribution in [3.05, 3.63) is 0 Å². The van der Waals surface area contributed by atoms with Crippen molar-refractivity contribution < 1.29 is 4.79 Å². The van der Waals surface area contributed by atoms with Gasteiger partial charge in [-0.25, -0.2) is 4.79 Å². The molecule has 88 valence electrons. The molecule has 0 aromatic carbocycles. The van der Waals surface area contributed by atoms with E-state index in [1.54, 1.807) is 0 Å². The van der Waals surface area contributed by atoms with Gasteiger partial charge in [0.1, 0.15) is 0 Å². The maximum atomic E-state index is 12.3. The first-order valence-electron chi connectivity index (χ1n) is 6.63. The number of carbonyl (C=O) groups excluding carboxylic acids is 1. The highest BCUT2D eigenvalue weighted by Crippen LogP contribution is 2.38. The number of carbonyl (C=O) groups is 1. The predicted octanol–water partition coefficient (Wildman–Crippen LogP) is 0.637. The summed E-state index contributed by atoms with van der Waals surface area (Å²) in [7, 11) is 0. The van der Waals surface area contributed by atoms with E-state index in [9.17, 15) is 4.79 Å². The van der Waals surface area contributed by atoms with Crippen molar-refractivity contribution in [2.24, 2.45) is 5.92 Å². The first-order valence-corrected chi connectivity index (χ1v) is 6.63. The predicted molar refractivity (Wildman–Crippen MR) is 60.1 cm³/mol. The van der Waals surface area contributed by atoms with Gasteiger partial charge in [-0.2, -0.15) is 0 Å². The topological polar surface area (TPSA) is 35.6 Å². The van der Waals surface area contributed by atoms with Crippen molar-refractivity contribution in [3.63, 3.8) is 0 Å². The normalized spacial score (nSPS) is 45.9. The van der Waals surface area contributed by atoms with Crippen molar-refractivity contribution >= 4 is 6.03 Å². The van der Waals surface area contributed by atoms with Gasteiger partial charge in [-0.1, -0.05) is 0 Å². The Bertz CT molecular complexity index is 332. The average Bonchev–Trinajstić information content (AvgIpc) is 2.99. The van der Waals surface area contributed by atoms with Gasteiger partial charge in [0.25, 0.3) is 0 Å². The fourth-order valence-electron chi connectivity index (χ4n) is 4.19. The van der Waals surface area contributed by atoms with Crippen molar-refractivity contribution in [3.8, 4) is 0 Å². The monoisotopic (exact) mass is 221 g/mol. The van der Waals surface area contributed by atoms with Crippen LogP contribution < -0.4 is 5.32 Å². The molecule has 2 bridgehead atoms. The smallest absolute Gasteiger partial charge is 0.320 e.